The molecule has 0 N–H and O–H groups in total. The van der Waals surface area contributed by atoms with Gasteiger partial charge in [0.15, 0.2) is 0 Å². The predicted molar refractivity (Wildman–Crippen MR) is 117 cm³/mol. The predicted octanol–water partition coefficient (Wildman–Crippen LogP) is 5.70. The number of hydrogen-bond donors (Lipinski definition) is 0. The van der Waals surface area contributed by atoms with Crippen LogP contribution in [-0.2, 0) is 22.7 Å². The van der Waals surface area contributed by atoms with Gasteiger partial charge in [-0.1, -0.05) is 84.9 Å². The van der Waals surface area contributed by atoms with E-state index in [1.54, 1.807) is 24.3 Å². The van der Waals surface area contributed by atoms with Gasteiger partial charge in [0, 0.05) is 0 Å². The van der Waals surface area contributed by atoms with Crippen LogP contribution in [0.3, 0.4) is 0 Å². The van der Waals surface area contributed by atoms with E-state index in [4.69, 9.17) is 0 Å². The highest BCUT2D eigenvalue weighted by Crippen LogP contribution is 2.23. The summed E-state index contributed by atoms with van der Waals surface area (Å²) in [7, 11) is -3.52. The van der Waals surface area contributed by atoms with Crippen molar-refractivity contribution in [1.29, 1.82) is 0 Å². The van der Waals surface area contributed by atoms with E-state index in [9.17, 15) is 8.42 Å². The highest BCUT2D eigenvalue weighted by Gasteiger charge is 2.17. The van der Waals surface area contributed by atoms with Gasteiger partial charge in [0.25, 0.3) is 0 Å². The average molecular weight is 399 g/mol. The highest BCUT2D eigenvalue weighted by molar-refractivity contribution is 7.91. The normalized spacial score (nSPS) is 11.3. The summed E-state index contributed by atoms with van der Waals surface area (Å²) >= 11 is 0. The Bertz CT molecular complexity index is 1070. The van der Waals surface area contributed by atoms with E-state index in [-0.39, 0.29) is 0 Å². The van der Waals surface area contributed by atoms with Crippen molar-refractivity contribution in [2.24, 2.45) is 0 Å². The first-order chi connectivity index (χ1) is 14.1. The lowest BCUT2D eigenvalue weighted by molar-refractivity contribution is 0.596. The summed E-state index contributed by atoms with van der Waals surface area (Å²) in [6.45, 7) is 0. The molecular weight excluding hydrogens is 376 g/mol. The second kappa shape index (κ2) is 8.46. The van der Waals surface area contributed by atoms with Crippen molar-refractivity contribution in [3.8, 4) is 0 Å². The summed E-state index contributed by atoms with van der Waals surface area (Å²) in [6.07, 6.45) is 1.57. The molecule has 144 valence electrons. The monoisotopic (exact) mass is 398 g/mol. The Hall–Kier alpha value is -3.17. The van der Waals surface area contributed by atoms with Gasteiger partial charge < -0.3 is 0 Å². The summed E-state index contributed by atoms with van der Waals surface area (Å²) in [6, 6.07) is 34.7. The third kappa shape index (κ3) is 4.64. The number of benzene rings is 4. The SMILES string of the molecule is O=S(=O)(c1ccc(Cc2ccccc2)cc1)c1ccc(Cc2ccccc2)cc1. The fraction of sp³-hybridized carbons (Fsp3) is 0.0769. The maximum absolute atomic E-state index is 13.0. The second-order valence-corrected chi connectivity index (χ2v) is 9.07. The molecule has 4 aromatic rings. The van der Waals surface area contributed by atoms with Crippen molar-refractivity contribution in [2.45, 2.75) is 22.6 Å². The zero-order chi connectivity index (χ0) is 20.1. The Morgan fingerprint density at radius 2 is 0.724 bits per heavy atom. The Morgan fingerprint density at radius 1 is 0.414 bits per heavy atom. The van der Waals surface area contributed by atoms with Gasteiger partial charge in [-0.05, 0) is 59.4 Å². The largest absolute Gasteiger partial charge is 0.219 e. The van der Waals surface area contributed by atoms with Crippen LogP contribution in [0.2, 0.25) is 0 Å². The van der Waals surface area contributed by atoms with E-state index in [1.165, 1.54) is 11.1 Å². The van der Waals surface area contributed by atoms with Crippen molar-refractivity contribution < 1.29 is 8.42 Å². The van der Waals surface area contributed by atoms with Gasteiger partial charge in [0.2, 0.25) is 9.84 Å². The van der Waals surface area contributed by atoms with Crippen LogP contribution in [0.15, 0.2) is 119 Å². The maximum atomic E-state index is 13.0. The molecule has 0 amide bonds. The van der Waals surface area contributed by atoms with Crippen LogP contribution >= 0.6 is 0 Å². The number of rotatable bonds is 6. The topological polar surface area (TPSA) is 34.1 Å². The second-order valence-electron chi connectivity index (χ2n) is 7.12. The molecule has 0 bridgehead atoms. The van der Waals surface area contributed by atoms with Crippen LogP contribution in [0.4, 0.5) is 0 Å². The van der Waals surface area contributed by atoms with Crippen molar-refractivity contribution in [3.63, 3.8) is 0 Å². The fourth-order valence-electron chi connectivity index (χ4n) is 3.37. The third-order valence-corrected chi connectivity index (χ3v) is 6.75. The number of sulfone groups is 1. The Kier molecular flexibility index (Phi) is 5.59. The minimum absolute atomic E-state index is 0.324. The minimum Gasteiger partial charge on any atom is -0.219 e. The van der Waals surface area contributed by atoms with E-state index in [1.807, 2.05) is 60.7 Å². The van der Waals surface area contributed by atoms with Crippen LogP contribution in [0.25, 0.3) is 0 Å². The van der Waals surface area contributed by atoms with Gasteiger partial charge in [0.1, 0.15) is 0 Å². The van der Waals surface area contributed by atoms with Crippen LogP contribution < -0.4 is 0 Å². The zero-order valence-electron chi connectivity index (χ0n) is 16.0. The Morgan fingerprint density at radius 3 is 1.07 bits per heavy atom. The molecule has 0 saturated heterocycles. The van der Waals surface area contributed by atoms with Crippen LogP contribution in [-0.4, -0.2) is 8.42 Å². The molecule has 0 aromatic heterocycles. The lowest BCUT2D eigenvalue weighted by Crippen LogP contribution is -2.02. The average Bonchev–Trinajstić information content (AvgIpc) is 2.76. The standard InChI is InChI=1S/C26H22O2S/c27-29(28,25-15-11-23(12-16-25)19-21-7-3-1-4-8-21)26-17-13-24(14-18-26)20-22-9-5-2-6-10-22/h1-18H,19-20H2. The maximum Gasteiger partial charge on any atom is 0.206 e. The third-order valence-electron chi connectivity index (χ3n) is 4.97. The molecule has 0 unspecified atom stereocenters. The van der Waals surface area contributed by atoms with E-state index in [0.717, 1.165) is 24.0 Å². The molecule has 4 rings (SSSR count). The summed E-state index contributed by atoms with van der Waals surface area (Å²) < 4.78 is 25.9. The van der Waals surface area contributed by atoms with Gasteiger partial charge in [-0.3, -0.25) is 0 Å². The van der Waals surface area contributed by atoms with Crippen molar-refractivity contribution in [1.82, 2.24) is 0 Å². The Labute approximate surface area is 172 Å². The van der Waals surface area contributed by atoms with E-state index >= 15 is 0 Å². The fourth-order valence-corrected chi connectivity index (χ4v) is 4.63. The van der Waals surface area contributed by atoms with Gasteiger partial charge in [0.05, 0.1) is 9.79 Å². The van der Waals surface area contributed by atoms with Crippen molar-refractivity contribution >= 4 is 9.84 Å². The molecule has 0 heterocycles. The lowest BCUT2D eigenvalue weighted by atomic mass is 10.1. The van der Waals surface area contributed by atoms with Crippen LogP contribution in [0, 0.1) is 0 Å². The van der Waals surface area contributed by atoms with Gasteiger partial charge in [-0.2, -0.15) is 0 Å². The zero-order valence-corrected chi connectivity index (χ0v) is 16.8. The first kappa shape index (κ1) is 19.2. The lowest BCUT2D eigenvalue weighted by Gasteiger charge is -2.08. The first-order valence-corrected chi connectivity index (χ1v) is 11.1. The molecule has 4 aromatic carbocycles. The quantitative estimate of drug-likeness (QED) is 0.417. The first-order valence-electron chi connectivity index (χ1n) is 9.62. The summed E-state index contributed by atoms with van der Waals surface area (Å²) in [5.74, 6) is 0. The van der Waals surface area contributed by atoms with E-state index < -0.39 is 9.84 Å². The van der Waals surface area contributed by atoms with Gasteiger partial charge in [-0.15, -0.1) is 0 Å². The molecule has 0 fully saturated rings. The van der Waals surface area contributed by atoms with Crippen molar-refractivity contribution in [3.05, 3.63) is 131 Å². The summed E-state index contributed by atoms with van der Waals surface area (Å²) in [5.41, 5.74) is 4.59. The molecule has 0 atom stereocenters. The van der Waals surface area contributed by atoms with Crippen LogP contribution in [0.5, 0.6) is 0 Å². The van der Waals surface area contributed by atoms with Crippen molar-refractivity contribution in [2.75, 3.05) is 0 Å². The summed E-state index contributed by atoms with van der Waals surface area (Å²) in [4.78, 5) is 0.648. The Balaban J connectivity index is 1.50. The minimum atomic E-state index is -3.52. The molecule has 0 radical (unpaired) electrons. The van der Waals surface area contributed by atoms with Gasteiger partial charge >= 0.3 is 0 Å². The molecule has 3 heteroatoms. The molecule has 0 spiro atoms. The molecule has 0 aliphatic carbocycles. The van der Waals surface area contributed by atoms with Gasteiger partial charge in [-0.25, -0.2) is 8.42 Å². The highest BCUT2D eigenvalue weighted by atomic mass is 32.2. The molecular formula is C26H22O2S. The molecule has 0 aliphatic heterocycles. The summed E-state index contributed by atoms with van der Waals surface area (Å²) in [5, 5.41) is 0. The van der Waals surface area contributed by atoms with Crippen LogP contribution in [0.1, 0.15) is 22.3 Å². The molecule has 0 saturated carbocycles. The molecule has 29 heavy (non-hydrogen) atoms. The van der Waals surface area contributed by atoms with E-state index in [2.05, 4.69) is 24.3 Å². The number of hydrogen-bond acceptors (Lipinski definition) is 2. The smallest absolute Gasteiger partial charge is 0.206 e. The molecule has 2 nitrogen and oxygen atoms in total. The van der Waals surface area contributed by atoms with E-state index in [0.29, 0.717) is 9.79 Å². The molecule has 0 aliphatic rings.